The number of ether oxygens (including phenoxy) is 1. The minimum atomic E-state index is -5.05. The van der Waals surface area contributed by atoms with Gasteiger partial charge in [0.1, 0.15) is 30.8 Å². The summed E-state index contributed by atoms with van der Waals surface area (Å²) in [5.74, 6) is -3.85. The number of fused-ring (bicyclic) bond motifs is 1. The zero-order valence-corrected chi connectivity index (χ0v) is 21.3. The molecule has 0 unspecified atom stereocenters. The van der Waals surface area contributed by atoms with Gasteiger partial charge in [0.2, 0.25) is 5.91 Å². The summed E-state index contributed by atoms with van der Waals surface area (Å²) in [5, 5.41) is 3.99. The van der Waals surface area contributed by atoms with E-state index < -0.39 is 72.4 Å². The van der Waals surface area contributed by atoms with Gasteiger partial charge < -0.3 is 15.4 Å². The second kappa shape index (κ2) is 11.0. The van der Waals surface area contributed by atoms with Crippen LogP contribution in [0.4, 0.5) is 27.7 Å². The molecular weight excluding hydrogens is 569 g/mol. The molecule has 1 aliphatic heterocycles. The van der Waals surface area contributed by atoms with Crippen LogP contribution in [-0.2, 0) is 16.1 Å². The van der Waals surface area contributed by atoms with Crippen LogP contribution in [0, 0.1) is 0 Å². The Balaban J connectivity index is 1.39. The number of halogens is 5. The van der Waals surface area contributed by atoms with Gasteiger partial charge in [0.05, 0.1) is 17.7 Å². The van der Waals surface area contributed by atoms with E-state index in [0.29, 0.717) is 28.1 Å². The van der Waals surface area contributed by atoms with Gasteiger partial charge in [0.25, 0.3) is 11.8 Å². The number of alkyl halides is 4. The van der Waals surface area contributed by atoms with Gasteiger partial charge in [-0.2, -0.15) is 5.10 Å². The fourth-order valence-electron chi connectivity index (χ4n) is 4.68. The molecule has 16 heteroatoms. The van der Waals surface area contributed by atoms with E-state index in [2.05, 4.69) is 19.8 Å². The molecule has 4 aromatic rings. The van der Waals surface area contributed by atoms with Crippen LogP contribution in [0.5, 0.6) is 5.75 Å². The molecule has 1 aliphatic rings. The van der Waals surface area contributed by atoms with Gasteiger partial charge in [0.15, 0.2) is 5.69 Å². The number of nitrogens with zero attached hydrogens (tertiary/aromatic N) is 6. The minimum Gasteiger partial charge on any atom is -0.406 e. The molecule has 1 saturated heterocycles. The van der Waals surface area contributed by atoms with Crippen LogP contribution in [-0.4, -0.2) is 67.5 Å². The fourth-order valence-corrected chi connectivity index (χ4v) is 4.68. The average molecular weight is 589 g/mol. The number of hydrogen-bond acceptors (Lipinski definition) is 7. The summed E-state index contributed by atoms with van der Waals surface area (Å²) in [7, 11) is 0. The van der Waals surface area contributed by atoms with Crippen LogP contribution < -0.4 is 15.6 Å². The number of aromatic nitrogens is 4. The molecule has 5 rings (SSSR count). The maximum Gasteiger partial charge on any atom is 0.573 e. The van der Waals surface area contributed by atoms with Gasteiger partial charge in [-0.3, -0.25) is 19.1 Å². The molecule has 2 N–H and O–H groups in total. The quantitative estimate of drug-likeness (QED) is 0.258. The van der Waals surface area contributed by atoms with Crippen molar-refractivity contribution >= 4 is 34.3 Å². The maximum absolute atomic E-state index is 15.1. The summed E-state index contributed by atoms with van der Waals surface area (Å²) in [6, 6.07) is 6.83. The predicted octanol–water partition coefficient (Wildman–Crippen LogP) is 3.35. The molecule has 0 spiro atoms. The normalized spacial score (nSPS) is 16.9. The lowest BCUT2D eigenvalue weighted by Gasteiger charge is -2.25. The Labute approximate surface area is 233 Å². The zero-order chi connectivity index (χ0) is 30.2. The van der Waals surface area contributed by atoms with E-state index in [-0.39, 0.29) is 5.69 Å². The molecule has 2 aromatic carbocycles. The number of anilines is 1. The molecule has 2 aromatic heterocycles. The lowest BCUT2D eigenvalue weighted by molar-refractivity contribution is -0.274. The Morgan fingerprint density at radius 3 is 2.50 bits per heavy atom. The zero-order valence-electron chi connectivity index (χ0n) is 21.3. The van der Waals surface area contributed by atoms with Gasteiger partial charge in [-0.15, -0.1) is 18.3 Å². The van der Waals surface area contributed by atoms with Crippen LogP contribution in [0.15, 0.2) is 61.2 Å². The summed E-state index contributed by atoms with van der Waals surface area (Å²) in [6.45, 7) is -1.10. The Bertz CT molecular complexity index is 1660. The van der Waals surface area contributed by atoms with Crippen molar-refractivity contribution in [1.29, 1.82) is 0 Å². The van der Waals surface area contributed by atoms with Gasteiger partial charge in [-0.25, -0.2) is 14.4 Å². The molecule has 11 nitrogen and oxygen atoms in total. The van der Waals surface area contributed by atoms with E-state index in [1.165, 1.54) is 6.33 Å². The third-order valence-electron chi connectivity index (χ3n) is 6.49. The highest BCUT2D eigenvalue weighted by Crippen LogP contribution is 2.31. The molecule has 42 heavy (non-hydrogen) atoms. The molecule has 0 radical (unpaired) electrons. The number of nitrogens with two attached hydrogens (primary N) is 1. The SMILES string of the molecule is NC(=O)c1nn(CC(=O)N2C[C@H](F)C[C@H]2C(=O)N(F)c2cccc(OC(F)(F)F)c2)c2ccc(-c3cncnc3)cc12. The highest BCUT2D eigenvalue weighted by molar-refractivity contribution is 6.05. The van der Waals surface area contributed by atoms with E-state index in [9.17, 15) is 31.9 Å². The number of amides is 3. The maximum atomic E-state index is 15.1. The molecule has 2 atom stereocenters. The first-order chi connectivity index (χ1) is 19.9. The summed E-state index contributed by atoms with van der Waals surface area (Å²) in [6.07, 6.45) is -2.82. The summed E-state index contributed by atoms with van der Waals surface area (Å²) < 4.78 is 72.1. The van der Waals surface area contributed by atoms with E-state index >= 15 is 4.48 Å². The van der Waals surface area contributed by atoms with Gasteiger partial charge in [-0.05, 0) is 29.8 Å². The number of carbonyl (C=O) groups excluding carboxylic acids is 3. The van der Waals surface area contributed by atoms with E-state index in [1.54, 1.807) is 30.6 Å². The van der Waals surface area contributed by atoms with Crippen LogP contribution in [0.1, 0.15) is 16.9 Å². The second-order valence-corrected chi connectivity index (χ2v) is 9.29. The first kappa shape index (κ1) is 28.4. The van der Waals surface area contributed by atoms with Crippen LogP contribution in [0.25, 0.3) is 22.0 Å². The Morgan fingerprint density at radius 1 is 1.07 bits per heavy atom. The largest absolute Gasteiger partial charge is 0.573 e. The van der Waals surface area contributed by atoms with Crippen LogP contribution in [0.3, 0.4) is 0 Å². The summed E-state index contributed by atoms with van der Waals surface area (Å²) in [5.41, 5.74) is 6.34. The third-order valence-corrected chi connectivity index (χ3v) is 6.49. The average Bonchev–Trinajstić information content (AvgIpc) is 3.52. The summed E-state index contributed by atoms with van der Waals surface area (Å²) in [4.78, 5) is 47.1. The molecule has 0 aliphatic carbocycles. The molecule has 0 saturated carbocycles. The first-order valence-corrected chi connectivity index (χ1v) is 12.3. The molecule has 3 heterocycles. The Hall–Kier alpha value is -5.15. The molecular formula is C26H20F5N7O4. The smallest absolute Gasteiger partial charge is 0.406 e. The van der Waals surface area contributed by atoms with Crippen LogP contribution >= 0.6 is 0 Å². The molecule has 1 fully saturated rings. The summed E-state index contributed by atoms with van der Waals surface area (Å²) >= 11 is 0. The van der Waals surface area contributed by atoms with Gasteiger partial charge in [-0.1, -0.05) is 16.6 Å². The second-order valence-electron chi connectivity index (χ2n) is 9.29. The molecule has 3 amide bonds. The van der Waals surface area contributed by atoms with Crippen molar-refractivity contribution in [2.75, 3.05) is 11.7 Å². The topological polar surface area (TPSA) is 137 Å². The lowest BCUT2D eigenvalue weighted by atomic mass is 10.1. The highest BCUT2D eigenvalue weighted by atomic mass is 19.4. The van der Waals surface area contributed by atoms with Crippen molar-refractivity contribution in [2.24, 2.45) is 5.73 Å². The highest BCUT2D eigenvalue weighted by Gasteiger charge is 2.42. The number of rotatable bonds is 7. The number of hydrogen-bond donors (Lipinski definition) is 1. The number of primary amides is 1. The van der Waals surface area contributed by atoms with Crippen molar-refractivity contribution in [3.8, 4) is 16.9 Å². The van der Waals surface area contributed by atoms with E-state index in [1.807, 2.05) is 0 Å². The number of carbonyl (C=O) groups is 3. The third kappa shape index (κ3) is 5.82. The predicted molar refractivity (Wildman–Crippen MR) is 136 cm³/mol. The lowest BCUT2D eigenvalue weighted by Crippen LogP contribution is -2.46. The van der Waals surface area contributed by atoms with E-state index in [4.69, 9.17) is 5.73 Å². The van der Waals surface area contributed by atoms with Gasteiger partial charge >= 0.3 is 6.36 Å². The number of likely N-dealkylation sites (tertiary alicyclic amines) is 1. The van der Waals surface area contributed by atoms with Crippen molar-refractivity contribution < 1.29 is 41.2 Å². The van der Waals surface area contributed by atoms with Crippen molar-refractivity contribution in [2.45, 2.75) is 31.5 Å². The number of benzene rings is 2. The molecule has 218 valence electrons. The van der Waals surface area contributed by atoms with Crippen LogP contribution in [0.2, 0.25) is 0 Å². The van der Waals surface area contributed by atoms with Crippen molar-refractivity contribution in [3.63, 3.8) is 0 Å². The minimum absolute atomic E-state index is 0.148. The fraction of sp³-hybridized carbons (Fsp3) is 0.231. The standard InChI is InChI=1S/C26H20F5N7O4/c27-16-7-21(25(41)38(31)17-2-1-3-18(8-17)42-26(28,29)30)36(11-16)22(39)12-37-20-5-4-14(15-9-33-13-34-10-15)6-19(20)23(35-37)24(32)40/h1-6,8-10,13,16,21H,7,11-12H2,(H2,32,40)/t16-,21+/m1/s1. The van der Waals surface area contributed by atoms with Crippen molar-refractivity contribution in [1.82, 2.24) is 24.6 Å². The van der Waals surface area contributed by atoms with E-state index in [0.717, 1.165) is 27.8 Å². The van der Waals surface area contributed by atoms with Gasteiger partial charge in [0, 0.05) is 35.8 Å². The first-order valence-electron chi connectivity index (χ1n) is 12.3. The Morgan fingerprint density at radius 2 is 1.81 bits per heavy atom. The van der Waals surface area contributed by atoms with Crippen molar-refractivity contribution in [3.05, 3.63) is 66.9 Å². The monoisotopic (exact) mass is 589 g/mol. The Kier molecular flexibility index (Phi) is 7.45. The molecule has 0 bridgehead atoms.